The molecule has 1 aromatic carbocycles. The number of furan rings is 1. The maximum atomic E-state index is 11.2. The summed E-state index contributed by atoms with van der Waals surface area (Å²) < 4.78 is 10.6. The Morgan fingerprint density at radius 1 is 1.35 bits per heavy atom. The second-order valence-electron chi connectivity index (χ2n) is 4.40. The van der Waals surface area contributed by atoms with Crippen molar-refractivity contribution in [3.63, 3.8) is 0 Å². The van der Waals surface area contributed by atoms with Crippen molar-refractivity contribution in [3.05, 3.63) is 47.4 Å². The number of anilines is 1. The van der Waals surface area contributed by atoms with E-state index in [1.54, 1.807) is 18.2 Å². The van der Waals surface area contributed by atoms with Gasteiger partial charge >= 0.3 is 5.97 Å². The monoisotopic (exact) mass is 273 g/mol. The number of carbonyl (C=O) groups is 2. The molecule has 0 spiro atoms. The highest BCUT2D eigenvalue weighted by atomic mass is 16.5. The van der Waals surface area contributed by atoms with Gasteiger partial charge in [-0.05, 0) is 23.8 Å². The molecule has 6 heteroatoms. The van der Waals surface area contributed by atoms with Crippen molar-refractivity contribution in [1.29, 1.82) is 0 Å². The van der Waals surface area contributed by atoms with Crippen molar-refractivity contribution in [2.75, 3.05) is 5.32 Å². The average molecular weight is 273 g/mol. The highest BCUT2D eigenvalue weighted by Crippen LogP contribution is 2.28. The minimum Gasteiger partial charge on any atom is -0.486 e. The molecule has 0 fully saturated rings. The average Bonchev–Trinajstić information content (AvgIpc) is 3.00. The molecule has 2 aromatic rings. The lowest BCUT2D eigenvalue weighted by Crippen LogP contribution is -2.03. The molecular weight excluding hydrogens is 262 g/mol. The molecule has 0 saturated carbocycles. The topological polar surface area (TPSA) is 88.8 Å². The van der Waals surface area contributed by atoms with E-state index in [2.05, 4.69) is 5.32 Å². The second-order valence-corrected chi connectivity index (χ2v) is 4.40. The number of nitrogens with one attached hydrogen (secondary N) is 1. The number of hydrogen-bond donors (Lipinski definition) is 2. The maximum absolute atomic E-state index is 11.2. The van der Waals surface area contributed by atoms with Gasteiger partial charge < -0.3 is 19.6 Å². The molecular formula is C14H11NO5. The molecule has 20 heavy (non-hydrogen) atoms. The molecule has 0 aliphatic carbocycles. The molecule has 2 heterocycles. The van der Waals surface area contributed by atoms with Crippen molar-refractivity contribution >= 4 is 17.6 Å². The standard InChI is InChI=1S/C14H11NO5/c16-13-5-8-1-2-9(6-11(8)15-13)19-7-10-3-4-12(20-10)14(17)18/h1-4,6H,5,7H2,(H,15,16)(H,17,18). The number of carboxylic acid groups (broad SMARTS) is 1. The van der Waals surface area contributed by atoms with Crippen LogP contribution in [0, 0.1) is 0 Å². The molecule has 1 aliphatic rings. The number of carboxylic acids is 1. The van der Waals surface area contributed by atoms with Gasteiger partial charge in [0.2, 0.25) is 11.7 Å². The Morgan fingerprint density at radius 3 is 2.95 bits per heavy atom. The fourth-order valence-corrected chi connectivity index (χ4v) is 2.01. The maximum Gasteiger partial charge on any atom is 0.371 e. The summed E-state index contributed by atoms with van der Waals surface area (Å²) in [6, 6.07) is 8.26. The van der Waals surface area contributed by atoms with Crippen LogP contribution in [0.15, 0.2) is 34.7 Å². The van der Waals surface area contributed by atoms with E-state index in [0.29, 0.717) is 17.9 Å². The number of ether oxygens (including phenoxy) is 1. The Labute approximate surface area is 114 Å². The van der Waals surface area contributed by atoms with Crippen molar-refractivity contribution in [3.8, 4) is 5.75 Å². The van der Waals surface area contributed by atoms with E-state index in [1.165, 1.54) is 6.07 Å². The third-order valence-electron chi connectivity index (χ3n) is 2.96. The van der Waals surface area contributed by atoms with E-state index < -0.39 is 5.97 Å². The predicted molar refractivity (Wildman–Crippen MR) is 68.8 cm³/mol. The molecule has 1 amide bonds. The van der Waals surface area contributed by atoms with E-state index >= 15 is 0 Å². The summed E-state index contributed by atoms with van der Waals surface area (Å²) in [7, 11) is 0. The number of rotatable bonds is 4. The quantitative estimate of drug-likeness (QED) is 0.890. The molecule has 102 valence electrons. The summed E-state index contributed by atoms with van der Waals surface area (Å²) in [5.41, 5.74) is 1.69. The molecule has 1 aromatic heterocycles. The first-order valence-electron chi connectivity index (χ1n) is 5.99. The van der Waals surface area contributed by atoms with Gasteiger partial charge in [0.05, 0.1) is 6.42 Å². The first-order valence-corrected chi connectivity index (χ1v) is 5.99. The van der Waals surface area contributed by atoms with Crippen LogP contribution in [0.1, 0.15) is 21.9 Å². The minimum atomic E-state index is -1.11. The third kappa shape index (κ3) is 2.35. The van der Waals surface area contributed by atoms with Gasteiger partial charge in [-0.3, -0.25) is 4.79 Å². The van der Waals surface area contributed by atoms with E-state index in [9.17, 15) is 9.59 Å². The Hall–Kier alpha value is -2.76. The lowest BCUT2D eigenvalue weighted by molar-refractivity contribution is -0.115. The van der Waals surface area contributed by atoms with Crippen LogP contribution in [0.5, 0.6) is 5.75 Å². The molecule has 0 saturated heterocycles. The van der Waals surface area contributed by atoms with Crippen LogP contribution in [0.2, 0.25) is 0 Å². The SMILES string of the molecule is O=C1Cc2ccc(OCc3ccc(C(=O)O)o3)cc2N1. The number of aromatic carboxylic acids is 1. The van der Waals surface area contributed by atoms with Crippen molar-refractivity contribution in [2.45, 2.75) is 13.0 Å². The fourth-order valence-electron chi connectivity index (χ4n) is 2.01. The van der Waals surface area contributed by atoms with Gasteiger partial charge in [0.1, 0.15) is 18.1 Å². The largest absolute Gasteiger partial charge is 0.486 e. The molecule has 2 N–H and O–H groups in total. The summed E-state index contributed by atoms with van der Waals surface area (Å²) in [6.45, 7) is 0.125. The summed E-state index contributed by atoms with van der Waals surface area (Å²) in [6.07, 6.45) is 0.385. The minimum absolute atomic E-state index is 0.0331. The zero-order chi connectivity index (χ0) is 14.1. The van der Waals surface area contributed by atoms with Crippen LogP contribution in [0.3, 0.4) is 0 Å². The van der Waals surface area contributed by atoms with Crippen molar-refractivity contribution in [2.24, 2.45) is 0 Å². The van der Waals surface area contributed by atoms with Crippen molar-refractivity contribution in [1.82, 2.24) is 0 Å². The van der Waals surface area contributed by atoms with E-state index in [4.69, 9.17) is 14.3 Å². The van der Waals surface area contributed by atoms with Gasteiger partial charge in [0.25, 0.3) is 0 Å². The highest BCUT2D eigenvalue weighted by molar-refractivity contribution is 5.99. The fraction of sp³-hybridized carbons (Fsp3) is 0.143. The summed E-state index contributed by atoms with van der Waals surface area (Å²) in [4.78, 5) is 21.9. The molecule has 1 aliphatic heterocycles. The smallest absolute Gasteiger partial charge is 0.371 e. The van der Waals surface area contributed by atoms with E-state index in [1.807, 2.05) is 6.07 Å². The van der Waals surface area contributed by atoms with Crippen molar-refractivity contribution < 1.29 is 23.8 Å². The Kier molecular flexibility index (Phi) is 2.90. The van der Waals surface area contributed by atoms with Crippen LogP contribution >= 0.6 is 0 Å². The number of fused-ring (bicyclic) bond motifs is 1. The molecule has 0 unspecified atom stereocenters. The van der Waals surface area contributed by atoms with Gasteiger partial charge in [0, 0.05) is 11.8 Å². The van der Waals surface area contributed by atoms with Crippen LogP contribution in [0.4, 0.5) is 5.69 Å². The molecule has 0 atom stereocenters. The summed E-state index contributed by atoms with van der Waals surface area (Å²) in [5.74, 6) is -0.262. The third-order valence-corrected chi connectivity index (χ3v) is 2.96. The Bertz CT molecular complexity index is 689. The molecule has 6 nitrogen and oxygen atoms in total. The highest BCUT2D eigenvalue weighted by Gasteiger charge is 2.17. The lowest BCUT2D eigenvalue weighted by Gasteiger charge is -2.06. The molecule has 3 rings (SSSR count). The van der Waals surface area contributed by atoms with Crippen LogP contribution in [-0.2, 0) is 17.8 Å². The van der Waals surface area contributed by atoms with Crippen LogP contribution in [-0.4, -0.2) is 17.0 Å². The number of benzene rings is 1. The zero-order valence-electron chi connectivity index (χ0n) is 10.4. The Morgan fingerprint density at radius 2 is 2.20 bits per heavy atom. The first-order chi connectivity index (χ1) is 9.61. The van der Waals surface area contributed by atoms with E-state index in [-0.39, 0.29) is 18.3 Å². The molecule has 0 radical (unpaired) electrons. The van der Waals surface area contributed by atoms with Crippen LogP contribution < -0.4 is 10.1 Å². The normalized spacial score (nSPS) is 12.9. The van der Waals surface area contributed by atoms with Gasteiger partial charge in [-0.25, -0.2) is 4.79 Å². The van der Waals surface area contributed by atoms with Crippen LogP contribution in [0.25, 0.3) is 0 Å². The summed E-state index contributed by atoms with van der Waals surface area (Å²) >= 11 is 0. The number of amides is 1. The number of carbonyl (C=O) groups excluding carboxylic acids is 1. The summed E-state index contributed by atoms with van der Waals surface area (Å²) in [5, 5.41) is 11.5. The van der Waals surface area contributed by atoms with E-state index in [0.717, 1.165) is 11.3 Å². The second kappa shape index (κ2) is 4.73. The lowest BCUT2D eigenvalue weighted by atomic mass is 10.1. The Balaban J connectivity index is 1.68. The van der Waals surface area contributed by atoms with Gasteiger partial charge in [-0.15, -0.1) is 0 Å². The molecule has 0 bridgehead atoms. The van der Waals surface area contributed by atoms with Gasteiger partial charge in [-0.1, -0.05) is 6.07 Å². The predicted octanol–water partition coefficient (Wildman–Crippen LogP) is 2.05. The van der Waals surface area contributed by atoms with Gasteiger partial charge in [-0.2, -0.15) is 0 Å². The number of hydrogen-bond acceptors (Lipinski definition) is 4. The van der Waals surface area contributed by atoms with Gasteiger partial charge in [0.15, 0.2) is 0 Å². The zero-order valence-corrected chi connectivity index (χ0v) is 10.4. The first kappa shape index (κ1) is 12.3.